The maximum atomic E-state index is 12.1. The molecule has 26 heavy (non-hydrogen) atoms. The molecule has 1 amide bonds. The van der Waals surface area contributed by atoms with E-state index in [9.17, 15) is 4.79 Å². The predicted octanol–water partition coefficient (Wildman–Crippen LogP) is 3.47. The molecule has 0 aliphatic rings. The second-order valence-corrected chi connectivity index (χ2v) is 5.85. The topological polar surface area (TPSA) is 79.9 Å². The number of benzene rings is 2. The zero-order chi connectivity index (χ0) is 18.4. The number of hydrogen-bond donors (Lipinski definition) is 1. The van der Waals surface area contributed by atoms with Crippen LogP contribution in [0.5, 0.6) is 5.75 Å². The van der Waals surface area contributed by atoms with Gasteiger partial charge in [0.05, 0.1) is 24.4 Å². The quantitative estimate of drug-likeness (QED) is 0.724. The number of rotatable bonds is 6. The van der Waals surface area contributed by atoms with Crippen LogP contribution in [-0.2, 0) is 11.3 Å². The Morgan fingerprint density at radius 2 is 1.96 bits per heavy atom. The fourth-order valence-corrected chi connectivity index (χ4v) is 2.50. The highest BCUT2D eigenvalue weighted by Crippen LogP contribution is 2.18. The van der Waals surface area contributed by atoms with E-state index in [4.69, 9.17) is 21.6 Å². The van der Waals surface area contributed by atoms with Crippen molar-refractivity contribution in [2.45, 2.75) is 6.54 Å². The molecule has 0 fully saturated rings. The summed E-state index contributed by atoms with van der Waals surface area (Å²) in [6.45, 7) is 0.294. The Labute approximate surface area is 155 Å². The number of nitriles is 1. The Morgan fingerprint density at radius 3 is 2.69 bits per heavy atom. The van der Waals surface area contributed by atoms with Crippen LogP contribution in [0.15, 0.2) is 60.8 Å². The number of halogens is 1. The molecule has 130 valence electrons. The first-order valence-corrected chi connectivity index (χ1v) is 8.21. The van der Waals surface area contributed by atoms with Crippen LogP contribution >= 0.6 is 11.6 Å². The molecule has 0 spiro atoms. The summed E-state index contributed by atoms with van der Waals surface area (Å²) < 4.78 is 7.07. The lowest BCUT2D eigenvalue weighted by molar-refractivity contribution is -0.118. The van der Waals surface area contributed by atoms with Gasteiger partial charge in [-0.2, -0.15) is 10.4 Å². The number of carbonyl (C=O) groups excluding carboxylic acids is 1. The number of amides is 1. The van der Waals surface area contributed by atoms with Crippen molar-refractivity contribution in [3.8, 4) is 11.8 Å². The van der Waals surface area contributed by atoms with Crippen molar-refractivity contribution in [3.05, 3.63) is 76.9 Å². The van der Waals surface area contributed by atoms with Gasteiger partial charge in [-0.1, -0.05) is 29.8 Å². The molecule has 0 aliphatic heterocycles. The lowest BCUT2D eigenvalue weighted by Gasteiger charge is -2.11. The fraction of sp³-hybridized carbons (Fsp3) is 0.105. The van der Waals surface area contributed by atoms with Gasteiger partial charge in [0.15, 0.2) is 6.61 Å². The van der Waals surface area contributed by atoms with Crippen molar-refractivity contribution >= 4 is 23.3 Å². The summed E-state index contributed by atoms with van der Waals surface area (Å²) in [5, 5.41) is 16.4. The summed E-state index contributed by atoms with van der Waals surface area (Å²) in [4.78, 5) is 12.1. The summed E-state index contributed by atoms with van der Waals surface area (Å²) in [6, 6.07) is 17.8. The van der Waals surface area contributed by atoms with Gasteiger partial charge in [-0.25, -0.2) is 4.68 Å². The summed E-state index contributed by atoms with van der Waals surface area (Å²) >= 11 is 6.17. The molecular formula is C19H15ClN4O2. The van der Waals surface area contributed by atoms with Crippen LogP contribution in [0.25, 0.3) is 0 Å². The van der Waals surface area contributed by atoms with E-state index in [1.165, 1.54) is 0 Å². The standard InChI is InChI=1S/C19H15ClN4O2/c20-17-4-2-1-3-15(17)12-24-18(9-10-22-24)23-19(25)13-26-16-7-5-14(11-21)6-8-16/h1-10H,12-13H2,(H,23,25). The molecule has 1 aromatic heterocycles. The van der Waals surface area contributed by atoms with E-state index in [1.54, 1.807) is 41.2 Å². The molecule has 6 nitrogen and oxygen atoms in total. The van der Waals surface area contributed by atoms with E-state index in [2.05, 4.69) is 10.4 Å². The molecule has 1 heterocycles. The highest BCUT2D eigenvalue weighted by Gasteiger charge is 2.10. The van der Waals surface area contributed by atoms with E-state index in [-0.39, 0.29) is 12.5 Å². The SMILES string of the molecule is N#Cc1ccc(OCC(=O)Nc2ccnn2Cc2ccccc2Cl)cc1. The van der Waals surface area contributed by atoms with Crippen molar-refractivity contribution in [1.82, 2.24) is 9.78 Å². The fourth-order valence-electron chi connectivity index (χ4n) is 2.31. The minimum absolute atomic E-state index is 0.150. The van der Waals surface area contributed by atoms with Gasteiger partial charge in [0.1, 0.15) is 11.6 Å². The van der Waals surface area contributed by atoms with Gasteiger partial charge in [0.2, 0.25) is 0 Å². The van der Waals surface area contributed by atoms with Gasteiger partial charge in [-0.3, -0.25) is 4.79 Å². The van der Waals surface area contributed by atoms with Crippen LogP contribution in [0.3, 0.4) is 0 Å². The summed E-state index contributed by atoms with van der Waals surface area (Å²) in [5.41, 5.74) is 1.44. The molecule has 3 rings (SSSR count). The molecule has 7 heteroatoms. The largest absolute Gasteiger partial charge is 0.484 e. The minimum atomic E-state index is -0.310. The molecular weight excluding hydrogens is 352 g/mol. The van der Waals surface area contributed by atoms with Gasteiger partial charge in [-0.15, -0.1) is 0 Å². The third-order valence-electron chi connectivity index (χ3n) is 3.62. The second kappa shape index (κ2) is 8.19. The van der Waals surface area contributed by atoms with Crippen molar-refractivity contribution in [3.63, 3.8) is 0 Å². The first kappa shape index (κ1) is 17.5. The average molecular weight is 367 g/mol. The zero-order valence-corrected chi connectivity index (χ0v) is 14.5. The Balaban J connectivity index is 1.59. The van der Waals surface area contributed by atoms with Crippen LogP contribution in [0.4, 0.5) is 5.82 Å². The predicted molar refractivity (Wildman–Crippen MR) is 98.1 cm³/mol. The second-order valence-electron chi connectivity index (χ2n) is 5.44. The highest BCUT2D eigenvalue weighted by atomic mass is 35.5. The maximum Gasteiger partial charge on any atom is 0.263 e. The van der Waals surface area contributed by atoms with Crippen molar-refractivity contribution in [2.75, 3.05) is 11.9 Å². The van der Waals surface area contributed by atoms with Gasteiger partial charge in [-0.05, 0) is 35.9 Å². The number of nitrogens with zero attached hydrogens (tertiary/aromatic N) is 3. The lowest BCUT2D eigenvalue weighted by atomic mass is 10.2. The van der Waals surface area contributed by atoms with E-state index in [0.29, 0.717) is 28.7 Å². The first-order chi connectivity index (χ1) is 12.7. The minimum Gasteiger partial charge on any atom is -0.484 e. The lowest BCUT2D eigenvalue weighted by Crippen LogP contribution is -2.22. The van der Waals surface area contributed by atoms with Crippen LogP contribution in [0.2, 0.25) is 5.02 Å². The summed E-state index contributed by atoms with van der Waals surface area (Å²) in [6.07, 6.45) is 1.61. The Kier molecular flexibility index (Phi) is 5.52. The van der Waals surface area contributed by atoms with Crippen molar-refractivity contribution in [2.24, 2.45) is 0 Å². The normalized spacial score (nSPS) is 10.2. The van der Waals surface area contributed by atoms with Crippen molar-refractivity contribution in [1.29, 1.82) is 5.26 Å². The van der Waals surface area contributed by atoms with E-state index in [0.717, 1.165) is 5.56 Å². The molecule has 0 atom stereocenters. The van der Waals surface area contributed by atoms with Crippen LogP contribution in [0, 0.1) is 11.3 Å². The third kappa shape index (κ3) is 4.41. The van der Waals surface area contributed by atoms with Gasteiger partial charge in [0, 0.05) is 11.1 Å². The van der Waals surface area contributed by atoms with E-state index in [1.807, 2.05) is 30.3 Å². The zero-order valence-electron chi connectivity index (χ0n) is 13.7. The number of carbonyl (C=O) groups is 1. The van der Waals surface area contributed by atoms with Crippen LogP contribution in [-0.4, -0.2) is 22.3 Å². The molecule has 0 unspecified atom stereocenters. The van der Waals surface area contributed by atoms with Gasteiger partial charge in [0.25, 0.3) is 5.91 Å². The van der Waals surface area contributed by atoms with Gasteiger partial charge >= 0.3 is 0 Å². The maximum absolute atomic E-state index is 12.1. The summed E-state index contributed by atoms with van der Waals surface area (Å²) in [7, 11) is 0. The number of nitrogens with one attached hydrogen (secondary N) is 1. The van der Waals surface area contributed by atoms with Crippen LogP contribution in [0.1, 0.15) is 11.1 Å². The van der Waals surface area contributed by atoms with E-state index >= 15 is 0 Å². The van der Waals surface area contributed by atoms with Crippen molar-refractivity contribution < 1.29 is 9.53 Å². The Hall–Kier alpha value is -3.30. The molecule has 2 aromatic carbocycles. The number of anilines is 1. The third-order valence-corrected chi connectivity index (χ3v) is 3.98. The van der Waals surface area contributed by atoms with Gasteiger partial charge < -0.3 is 10.1 Å². The molecule has 0 bridgehead atoms. The average Bonchev–Trinajstić information content (AvgIpc) is 3.09. The molecule has 0 radical (unpaired) electrons. The molecule has 3 aromatic rings. The van der Waals surface area contributed by atoms with Crippen LogP contribution < -0.4 is 10.1 Å². The molecule has 1 N–H and O–H groups in total. The number of aromatic nitrogens is 2. The molecule has 0 aliphatic carbocycles. The van der Waals surface area contributed by atoms with E-state index < -0.39 is 0 Å². The number of hydrogen-bond acceptors (Lipinski definition) is 4. The highest BCUT2D eigenvalue weighted by molar-refractivity contribution is 6.31. The first-order valence-electron chi connectivity index (χ1n) is 7.84. The molecule has 0 saturated heterocycles. The smallest absolute Gasteiger partial charge is 0.263 e. The number of ether oxygens (including phenoxy) is 1. The monoisotopic (exact) mass is 366 g/mol. The summed E-state index contributed by atoms with van der Waals surface area (Å²) in [5.74, 6) is 0.761. The molecule has 0 saturated carbocycles. The Morgan fingerprint density at radius 1 is 1.19 bits per heavy atom. The Bertz CT molecular complexity index is 945.